The topological polar surface area (TPSA) is 325 Å². The summed E-state index contributed by atoms with van der Waals surface area (Å²) in [5.74, 6) is -2.76. The van der Waals surface area contributed by atoms with Crippen LogP contribution in [0.4, 0.5) is 23.0 Å². The van der Waals surface area contributed by atoms with Crippen molar-refractivity contribution in [2.45, 2.75) is 31.3 Å². The Morgan fingerprint density at radius 1 is 0.841 bits per heavy atom. The monoisotopic (exact) mass is 891 g/mol. The maximum absolute atomic E-state index is 13.3. The van der Waals surface area contributed by atoms with Crippen molar-refractivity contribution in [3.05, 3.63) is 94.6 Å². The van der Waals surface area contributed by atoms with E-state index in [4.69, 9.17) is 14.5 Å². The molecule has 9 N–H and O–H groups in total. The van der Waals surface area contributed by atoms with E-state index in [-0.39, 0.29) is 65.2 Å². The fourth-order valence-electron chi connectivity index (χ4n) is 6.84. The number of imidazole rings is 1. The Morgan fingerprint density at radius 3 is 1.94 bits per heavy atom. The average molecular weight is 892 g/mol. The maximum Gasteiger partial charge on any atom is 0.469 e. The van der Waals surface area contributed by atoms with Gasteiger partial charge in [0.05, 0.1) is 36.1 Å². The van der Waals surface area contributed by atoms with Crippen LogP contribution in [0.2, 0.25) is 0 Å². The van der Waals surface area contributed by atoms with Crippen LogP contribution in [0.15, 0.2) is 66.2 Å². The molecular weight excluding hydrogens is 849 g/mol. The van der Waals surface area contributed by atoms with E-state index in [1.807, 2.05) is 0 Å². The normalized spacial score (nSPS) is 16.3. The Kier molecular flexibility index (Phi) is 12.3. The first-order valence-corrected chi connectivity index (χ1v) is 20.5. The molecule has 1 aliphatic heterocycles. The van der Waals surface area contributed by atoms with Crippen molar-refractivity contribution in [3.63, 3.8) is 0 Å². The first kappa shape index (κ1) is 43.9. The minimum atomic E-state index is -4.82. The Labute approximate surface area is 355 Å². The number of carbonyl (C=O) groups excluding carboxylic acids is 5. The number of aryl methyl sites for hydroxylation is 4. The van der Waals surface area contributed by atoms with Gasteiger partial charge in [-0.1, -0.05) is 0 Å². The highest BCUT2D eigenvalue weighted by Crippen LogP contribution is 2.38. The highest BCUT2D eigenvalue weighted by atomic mass is 31.2. The Bertz CT molecular complexity index is 2860. The molecule has 0 aromatic carbocycles. The van der Waals surface area contributed by atoms with Gasteiger partial charge < -0.3 is 59.2 Å². The van der Waals surface area contributed by atoms with Gasteiger partial charge in [0.1, 0.15) is 35.1 Å². The molecule has 1 fully saturated rings. The van der Waals surface area contributed by atoms with Gasteiger partial charge in [0.2, 0.25) is 11.9 Å². The lowest BCUT2D eigenvalue weighted by atomic mass is 10.2. The molecule has 63 heavy (non-hydrogen) atoms. The lowest BCUT2D eigenvalue weighted by Gasteiger charge is -2.16. The second-order valence-corrected chi connectivity index (χ2v) is 15.8. The van der Waals surface area contributed by atoms with E-state index in [1.54, 1.807) is 68.0 Å². The van der Waals surface area contributed by atoms with E-state index >= 15 is 0 Å². The minimum absolute atomic E-state index is 0.00711. The van der Waals surface area contributed by atoms with Crippen molar-refractivity contribution in [2.75, 3.05) is 34.4 Å². The van der Waals surface area contributed by atoms with Crippen LogP contribution in [0.1, 0.15) is 61.0 Å². The molecule has 0 unspecified atom stereocenters. The van der Waals surface area contributed by atoms with Gasteiger partial charge >= 0.3 is 7.82 Å². The van der Waals surface area contributed by atoms with Gasteiger partial charge in [-0.3, -0.25) is 48.2 Å². The first-order chi connectivity index (χ1) is 29.8. The van der Waals surface area contributed by atoms with Gasteiger partial charge in [0.15, 0.2) is 11.2 Å². The first-order valence-electron chi connectivity index (χ1n) is 19.0. The second kappa shape index (κ2) is 17.7. The summed E-state index contributed by atoms with van der Waals surface area (Å²) in [4.78, 5) is 106. The van der Waals surface area contributed by atoms with Gasteiger partial charge in [-0.25, -0.2) is 9.55 Å². The maximum atomic E-state index is 13.3. The number of nitrogens with one attached hydrogen (secondary N) is 6. The number of fused-ring (bicyclic) bond motifs is 1. The van der Waals surface area contributed by atoms with Crippen LogP contribution in [0, 0.1) is 0 Å². The highest BCUT2D eigenvalue weighted by molar-refractivity contribution is 7.46. The molecule has 0 bridgehead atoms. The summed E-state index contributed by atoms with van der Waals surface area (Å²) in [7, 11) is 1.80. The number of carbonyl (C=O) groups is 5. The summed E-state index contributed by atoms with van der Waals surface area (Å²) in [6, 6.07) is 7.87. The number of aromatic amines is 1. The van der Waals surface area contributed by atoms with Crippen molar-refractivity contribution in [2.24, 2.45) is 28.2 Å². The fraction of sp³-hybridized carbons (Fsp3) is 0.297. The molecular formula is C37H42N13O12P. The van der Waals surface area contributed by atoms with E-state index < -0.39 is 62.1 Å². The Balaban J connectivity index is 0.901. The van der Waals surface area contributed by atoms with Gasteiger partial charge in [-0.2, -0.15) is 4.98 Å². The summed E-state index contributed by atoms with van der Waals surface area (Å²) >= 11 is 0. The summed E-state index contributed by atoms with van der Waals surface area (Å²) in [5.41, 5.74) is 1.29. The van der Waals surface area contributed by atoms with Crippen LogP contribution in [0.3, 0.4) is 0 Å². The molecule has 0 radical (unpaired) electrons. The van der Waals surface area contributed by atoms with Crippen LogP contribution in [0.5, 0.6) is 0 Å². The predicted molar refractivity (Wildman–Crippen MR) is 222 cm³/mol. The number of aliphatic hydroxyl groups is 1. The van der Waals surface area contributed by atoms with Crippen LogP contribution in [-0.2, 0) is 46.8 Å². The van der Waals surface area contributed by atoms with E-state index in [0.29, 0.717) is 17.1 Å². The molecule has 25 nitrogen and oxygen atoms in total. The molecule has 1 aliphatic rings. The van der Waals surface area contributed by atoms with E-state index in [9.17, 15) is 38.4 Å². The number of phosphoric ester groups is 1. The average Bonchev–Trinajstić information content (AvgIpc) is 4.06. The van der Waals surface area contributed by atoms with Crippen LogP contribution >= 0.6 is 7.82 Å². The predicted octanol–water partition coefficient (Wildman–Crippen LogP) is 0.747. The second-order valence-electron chi connectivity index (χ2n) is 14.6. The molecule has 7 rings (SSSR count). The number of anilines is 4. The highest BCUT2D eigenvalue weighted by Gasteiger charge is 2.37. The molecule has 6 aromatic heterocycles. The lowest BCUT2D eigenvalue weighted by Crippen LogP contribution is -2.29. The number of phosphoric acid groups is 1. The van der Waals surface area contributed by atoms with Gasteiger partial charge in [-0.15, -0.1) is 0 Å². The molecule has 5 amide bonds. The third-order valence-corrected chi connectivity index (χ3v) is 10.4. The van der Waals surface area contributed by atoms with Gasteiger partial charge in [0.25, 0.3) is 29.2 Å². The van der Waals surface area contributed by atoms with Crippen molar-refractivity contribution < 1.29 is 52.7 Å². The number of hydrogen-bond acceptors (Lipinski definition) is 12. The Hall–Kier alpha value is -7.15. The number of aromatic nitrogens is 8. The standard InChI is InChI=1S/C37H42N13O12P/c1-46-9-5-6-22(46)33(54)40-20-11-24(48(3)15-20)35(56)42-21-12-25(49(4)16-21)34(55)41-19-10-23(47(2)14-19)32(53)38-8-7-28(52)43-37-44-31-30(36(57)45-37)39-18-50(31)29-13-26(51)27(62-29)17-61-63(58,59)60/h5-6,9-12,14-16,18,26-27,29,51H,7-8,13,17H2,1-4H3,(H,38,53)(H,40,54)(H,41,55)(H,42,56)(H2,58,59,60)(H2,43,44,45,52,57)/t26-,27+,29+/m0/s1. The molecule has 26 heteroatoms. The summed E-state index contributed by atoms with van der Waals surface area (Å²) in [6.45, 7) is -0.724. The molecule has 0 spiro atoms. The zero-order valence-corrected chi connectivity index (χ0v) is 34.8. The largest absolute Gasteiger partial charge is 0.469 e. The number of H-pyrrole nitrogens is 1. The number of hydrogen-bond donors (Lipinski definition) is 9. The van der Waals surface area contributed by atoms with Crippen LogP contribution in [0.25, 0.3) is 11.2 Å². The fourth-order valence-corrected chi connectivity index (χ4v) is 7.18. The molecule has 0 saturated carbocycles. The molecule has 1 saturated heterocycles. The van der Waals surface area contributed by atoms with Crippen LogP contribution in [-0.4, -0.2) is 108 Å². The zero-order valence-electron chi connectivity index (χ0n) is 33.9. The third-order valence-electron chi connectivity index (χ3n) is 9.91. The van der Waals surface area contributed by atoms with Gasteiger partial charge in [0, 0.05) is 72.4 Å². The molecule has 3 atom stereocenters. The molecule has 7 heterocycles. The van der Waals surface area contributed by atoms with E-state index in [0.717, 1.165) is 0 Å². The van der Waals surface area contributed by atoms with Crippen molar-refractivity contribution >= 4 is 71.5 Å². The van der Waals surface area contributed by atoms with Crippen molar-refractivity contribution in [1.82, 2.24) is 43.1 Å². The van der Waals surface area contributed by atoms with E-state index in [2.05, 4.69) is 46.1 Å². The number of rotatable bonds is 15. The number of aliphatic hydroxyl groups excluding tert-OH is 1. The smallest absolute Gasteiger partial charge is 0.390 e. The van der Waals surface area contributed by atoms with E-state index in [1.165, 1.54) is 44.4 Å². The number of ether oxygens (including phenoxy) is 1. The minimum Gasteiger partial charge on any atom is -0.390 e. The quantitative estimate of drug-likeness (QED) is 0.0643. The van der Waals surface area contributed by atoms with Crippen molar-refractivity contribution in [3.8, 4) is 0 Å². The molecule has 0 aliphatic carbocycles. The van der Waals surface area contributed by atoms with Crippen molar-refractivity contribution in [1.29, 1.82) is 0 Å². The summed E-state index contributed by atoms with van der Waals surface area (Å²) in [5, 5.41) is 23.7. The lowest BCUT2D eigenvalue weighted by molar-refractivity contribution is -0.116. The number of nitrogens with zero attached hydrogens (tertiary/aromatic N) is 7. The van der Waals surface area contributed by atoms with Crippen LogP contribution < -0.4 is 32.1 Å². The SMILES string of the molecule is Cn1cc(NC(=O)c2cc(NC(=O)c3cc(NC(=O)c4cccn4C)cn3C)cn2C)cc1C(=O)NCCC(=O)Nc1nc2c(ncn2[C@H]2C[C@H](O)[C@@H](COP(=O)(O)O)O2)c(=O)[nH]1. The molecule has 6 aromatic rings. The summed E-state index contributed by atoms with van der Waals surface area (Å²) < 4.78 is 28.8. The number of amides is 5. The third kappa shape index (κ3) is 9.99. The Morgan fingerprint density at radius 2 is 1.40 bits per heavy atom. The zero-order chi connectivity index (χ0) is 45.3. The molecule has 332 valence electrons. The van der Waals surface area contributed by atoms with Gasteiger partial charge in [-0.05, 0) is 30.3 Å². The summed E-state index contributed by atoms with van der Waals surface area (Å²) in [6.07, 6.45) is 4.19.